The molecule has 0 bridgehead atoms. The maximum atomic E-state index is 6.42. The van der Waals surface area contributed by atoms with Crippen LogP contribution in [0.5, 0.6) is 0 Å². The number of nitrogens with zero attached hydrogens (tertiary/aromatic N) is 2. The van der Waals surface area contributed by atoms with E-state index in [4.69, 9.17) is 17.3 Å². The zero-order chi connectivity index (χ0) is 13.8. The molecule has 0 radical (unpaired) electrons. The summed E-state index contributed by atoms with van der Waals surface area (Å²) in [5.74, 6) is 0.477. The van der Waals surface area contributed by atoms with Crippen LogP contribution in [-0.2, 0) is 6.42 Å². The van der Waals surface area contributed by atoms with E-state index < -0.39 is 0 Å². The van der Waals surface area contributed by atoms with Gasteiger partial charge in [-0.05, 0) is 44.1 Å². The molecule has 0 amide bonds. The number of rotatable bonds is 6. The fourth-order valence-electron chi connectivity index (χ4n) is 2.37. The fraction of sp³-hybridized carbons (Fsp3) is 0.500. The summed E-state index contributed by atoms with van der Waals surface area (Å²) in [6, 6.07) is 4.06. The summed E-state index contributed by atoms with van der Waals surface area (Å²) >= 11 is 6.42. The highest BCUT2D eigenvalue weighted by Gasteiger charge is 2.11. The first-order chi connectivity index (χ1) is 9.17. The molecule has 0 spiro atoms. The predicted molar refractivity (Wildman–Crippen MR) is 81.6 cm³/mol. The average molecular weight is 281 g/mol. The Morgan fingerprint density at radius 1 is 1.32 bits per heavy atom. The number of hydrogen-bond acceptors (Lipinski definition) is 3. The SMILES string of the molecule is CCN(CC)CCCc1ccc2[nH]nc(N)c2c1Cl. The van der Waals surface area contributed by atoms with Gasteiger partial charge >= 0.3 is 0 Å². The summed E-state index contributed by atoms with van der Waals surface area (Å²) in [5.41, 5.74) is 7.88. The maximum absolute atomic E-state index is 6.42. The van der Waals surface area contributed by atoms with Crippen LogP contribution in [0.15, 0.2) is 12.1 Å². The van der Waals surface area contributed by atoms with E-state index in [-0.39, 0.29) is 0 Å². The van der Waals surface area contributed by atoms with Gasteiger partial charge in [-0.3, -0.25) is 5.10 Å². The van der Waals surface area contributed by atoms with Gasteiger partial charge in [0.25, 0.3) is 0 Å². The van der Waals surface area contributed by atoms with Crippen LogP contribution in [0.25, 0.3) is 10.9 Å². The lowest BCUT2D eigenvalue weighted by Crippen LogP contribution is -2.24. The fourth-order valence-corrected chi connectivity index (χ4v) is 2.72. The van der Waals surface area contributed by atoms with Crippen molar-refractivity contribution < 1.29 is 0 Å². The Balaban J connectivity index is 2.08. The largest absolute Gasteiger partial charge is 0.382 e. The van der Waals surface area contributed by atoms with E-state index in [1.165, 1.54) is 0 Å². The lowest BCUT2D eigenvalue weighted by Gasteiger charge is -2.17. The molecule has 0 atom stereocenters. The van der Waals surface area contributed by atoms with Crippen molar-refractivity contribution >= 4 is 28.3 Å². The number of aromatic amines is 1. The predicted octanol–water partition coefficient (Wildman–Crippen LogP) is 3.07. The quantitative estimate of drug-likeness (QED) is 0.855. The first-order valence-corrected chi connectivity index (χ1v) is 7.18. The van der Waals surface area contributed by atoms with E-state index in [0.29, 0.717) is 5.82 Å². The lowest BCUT2D eigenvalue weighted by molar-refractivity contribution is 0.300. The van der Waals surface area contributed by atoms with Crippen molar-refractivity contribution in [2.75, 3.05) is 25.4 Å². The Kier molecular flexibility index (Phi) is 4.66. The molecule has 2 rings (SSSR count). The number of halogens is 1. The monoisotopic (exact) mass is 280 g/mol. The Hall–Kier alpha value is -1.26. The molecule has 19 heavy (non-hydrogen) atoms. The molecule has 0 aliphatic rings. The Morgan fingerprint density at radius 3 is 2.74 bits per heavy atom. The number of nitrogens with two attached hydrogens (primary N) is 1. The minimum absolute atomic E-state index is 0.477. The number of hydrogen-bond donors (Lipinski definition) is 2. The minimum atomic E-state index is 0.477. The summed E-state index contributed by atoms with van der Waals surface area (Å²) in [6.45, 7) is 7.67. The third-order valence-electron chi connectivity index (χ3n) is 3.59. The maximum Gasteiger partial charge on any atom is 0.154 e. The minimum Gasteiger partial charge on any atom is -0.382 e. The van der Waals surface area contributed by atoms with Gasteiger partial charge in [0.2, 0.25) is 0 Å². The molecule has 5 heteroatoms. The van der Waals surface area contributed by atoms with Crippen molar-refractivity contribution in [1.29, 1.82) is 0 Å². The van der Waals surface area contributed by atoms with Crippen molar-refractivity contribution in [2.24, 2.45) is 0 Å². The summed E-state index contributed by atoms with van der Waals surface area (Å²) in [5, 5.41) is 8.46. The van der Waals surface area contributed by atoms with E-state index in [1.807, 2.05) is 6.07 Å². The van der Waals surface area contributed by atoms with Gasteiger partial charge in [-0.15, -0.1) is 0 Å². The number of aryl methyl sites for hydroxylation is 1. The molecular formula is C14H21ClN4. The molecule has 0 aliphatic heterocycles. The molecule has 4 nitrogen and oxygen atoms in total. The number of nitrogen functional groups attached to an aromatic ring is 1. The number of H-pyrrole nitrogens is 1. The summed E-state index contributed by atoms with van der Waals surface area (Å²) in [7, 11) is 0. The van der Waals surface area contributed by atoms with Gasteiger partial charge in [0.05, 0.1) is 15.9 Å². The molecule has 1 aromatic carbocycles. The molecule has 104 valence electrons. The number of aromatic nitrogens is 2. The van der Waals surface area contributed by atoms with Crippen molar-refractivity contribution in [1.82, 2.24) is 15.1 Å². The van der Waals surface area contributed by atoms with Gasteiger partial charge in [0.15, 0.2) is 5.82 Å². The van der Waals surface area contributed by atoms with Crippen LogP contribution in [0.1, 0.15) is 25.8 Å². The number of benzene rings is 1. The number of anilines is 1. The van der Waals surface area contributed by atoms with Crippen LogP contribution in [0.2, 0.25) is 5.02 Å². The molecule has 1 aromatic heterocycles. The molecule has 0 saturated heterocycles. The first-order valence-electron chi connectivity index (χ1n) is 6.80. The second-order valence-corrected chi connectivity index (χ2v) is 5.08. The van der Waals surface area contributed by atoms with Gasteiger partial charge in [-0.2, -0.15) is 5.10 Å². The van der Waals surface area contributed by atoms with Gasteiger partial charge in [-0.25, -0.2) is 0 Å². The molecule has 2 aromatic rings. The van der Waals surface area contributed by atoms with Crippen LogP contribution >= 0.6 is 11.6 Å². The van der Waals surface area contributed by atoms with Gasteiger partial charge in [0.1, 0.15) is 0 Å². The van der Waals surface area contributed by atoms with Crippen LogP contribution in [0.4, 0.5) is 5.82 Å². The molecular weight excluding hydrogens is 260 g/mol. The zero-order valence-corrected chi connectivity index (χ0v) is 12.3. The van der Waals surface area contributed by atoms with Crippen LogP contribution in [-0.4, -0.2) is 34.7 Å². The van der Waals surface area contributed by atoms with Crippen LogP contribution in [0.3, 0.4) is 0 Å². The van der Waals surface area contributed by atoms with E-state index in [9.17, 15) is 0 Å². The highest BCUT2D eigenvalue weighted by Crippen LogP contribution is 2.30. The summed E-state index contributed by atoms with van der Waals surface area (Å²) in [4.78, 5) is 2.42. The second kappa shape index (κ2) is 6.26. The van der Waals surface area contributed by atoms with Gasteiger partial charge in [-0.1, -0.05) is 31.5 Å². The van der Waals surface area contributed by atoms with E-state index >= 15 is 0 Å². The summed E-state index contributed by atoms with van der Waals surface area (Å²) in [6.07, 6.45) is 2.07. The van der Waals surface area contributed by atoms with Crippen molar-refractivity contribution in [3.05, 3.63) is 22.7 Å². The smallest absolute Gasteiger partial charge is 0.154 e. The van der Waals surface area contributed by atoms with E-state index in [1.54, 1.807) is 0 Å². The van der Waals surface area contributed by atoms with Gasteiger partial charge in [0, 0.05) is 0 Å². The first kappa shape index (κ1) is 14.2. The zero-order valence-electron chi connectivity index (χ0n) is 11.5. The lowest BCUT2D eigenvalue weighted by atomic mass is 10.1. The molecule has 1 heterocycles. The van der Waals surface area contributed by atoms with Crippen molar-refractivity contribution in [2.45, 2.75) is 26.7 Å². The molecule has 0 saturated carbocycles. The van der Waals surface area contributed by atoms with Crippen molar-refractivity contribution in [3.8, 4) is 0 Å². The summed E-state index contributed by atoms with van der Waals surface area (Å²) < 4.78 is 0. The standard InChI is InChI=1S/C14H21ClN4/c1-3-19(4-2)9-5-6-10-7-8-11-12(13(10)15)14(16)18-17-11/h7-8H,3-6,9H2,1-2H3,(H3,16,17,18). The Bertz CT molecular complexity index is 546. The third kappa shape index (κ3) is 3.01. The normalized spacial score (nSPS) is 11.6. The van der Waals surface area contributed by atoms with Gasteiger partial charge < -0.3 is 10.6 Å². The van der Waals surface area contributed by atoms with E-state index in [2.05, 4.69) is 35.0 Å². The molecule has 0 fully saturated rings. The van der Waals surface area contributed by atoms with Crippen LogP contribution in [0, 0.1) is 0 Å². The Morgan fingerprint density at radius 2 is 2.05 bits per heavy atom. The Labute approximate surface area is 118 Å². The van der Waals surface area contributed by atoms with Crippen LogP contribution < -0.4 is 5.73 Å². The van der Waals surface area contributed by atoms with E-state index in [0.717, 1.165) is 54.0 Å². The number of nitrogens with one attached hydrogen (secondary N) is 1. The highest BCUT2D eigenvalue weighted by molar-refractivity contribution is 6.37. The highest BCUT2D eigenvalue weighted by atomic mass is 35.5. The average Bonchev–Trinajstić information content (AvgIpc) is 2.79. The molecule has 0 unspecified atom stereocenters. The molecule has 0 aliphatic carbocycles. The third-order valence-corrected chi connectivity index (χ3v) is 4.02. The second-order valence-electron chi connectivity index (χ2n) is 4.70. The number of fused-ring (bicyclic) bond motifs is 1. The van der Waals surface area contributed by atoms with Crippen molar-refractivity contribution in [3.63, 3.8) is 0 Å². The topological polar surface area (TPSA) is 57.9 Å². The molecule has 3 N–H and O–H groups in total.